The molecule has 0 aliphatic rings. The molecule has 2 aromatic carbocycles. The molecule has 1 atom stereocenters. The highest BCUT2D eigenvalue weighted by Gasteiger charge is 2.11. The zero-order valence-corrected chi connectivity index (χ0v) is 13.0. The number of hydrogen-bond donors (Lipinski definition) is 1. The number of ether oxygens (including phenoxy) is 1. The van der Waals surface area contributed by atoms with Crippen LogP contribution in [0.15, 0.2) is 48.5 Å². The standard InChI is InChI=1S/C19H25NO/c1-3-4-7-16-9-11-18(12-10-16)21-19(14-20)17-8-5-6-15(2)13-17/h5-6,8-13,19H,3-4,7,14,20H2,1-2H3. The molecule has 2 heteroatoms. The fraction of sp³-hybridized carbons (Fsp3) is 0.368. The van der Waals surface area contributed by atoms with E-state index < -0.39 is 0 Å². The molecule has 112 valence electrons. The van der Waals surface area contributed by atoms with Gasteiger partial charge in [-0.2, -0.15) is 0 Å². The highest BCUT2D eigenvalue weighted by atomic mass is 16.5. The molecule has 1 unspecified atom stereocenters. The van der Waals surface area contributed by atoms with Gasteiger partial charge in [-0.15, -0.1) is 0 Å². The Balaban J connectivity index is 2.04. The normalized spacial score (nSPS) is 12.1. The van der Waals surface area contributed by atoms with Crippen molar-refractivity contribution >= 4 is 0 Å². The van der Waals surface area contributed by atoms with E-state index in [1.165, 1.54) is 24.0 Å². The van der Waals surface area contributed by atoms with E-state index in [1.54, 1.807) is 0 Å². The van der Waals surface area contributed by atoms with Crippen molar-refractivity contribution in [2.24, 2.45) is 5.73 Å². The van der Waals surface area contributed by atoms with Gasteiger partial charge in [-0.3, -0.25) is 0 Å². The second-order valence-electron chi connectivity index (χ2n) is 5.50. The van der Waals surface area contributed by atoms with Crippen molar-refractivity contribution in [3.8, 4) is 5.75 Å². The van der Waals surface area contributed by atoms with Crippen molar-refractivity contribution in [3.63, 3.8) is 0 Å². The molecule has 0 bridgehead atoms. The SMILES string of the molecule is CCCCc1ccc(OC(CN)c2cccc(C)c2)cc1. The van der Waals surface area contributed by atoms with Gasteiger partial charge < -0.3 is 10.5 Å². The second-order valence-corrected chi connectivity index (χ2v) is 5.50. The third-order valence-corrected chi connectivity index (χ3v) is 3.65. The summed E-state index contributed by atoms with van der Waals surface area (Å²) in [5.41, 5.74) is 9.60. The molecule has 0 aliphatic heterocycles. The highest BCUT2D eigenvalue weighted by molar-refractivity contribution is 5.30. The maximum atomic E-state index is 6.04. The molecule has 0 fully saturated rings. The summed E-state index contributed by atoms with van der Waals surface area (Å²) < 4.78 is 6.04. The first kappa shape index (κ1) is 15.6. The van der Waals surface area contributed by atoms with Gasteiger partial charge in [0, 0.05) is 6.54 Å². The van der Waals surface area contributed by atoms with E-state index in [0.29, 0.717) is 6.54 Å². The molecule has 0 saturated carbocycles. The molecule has 0 saturated heterocycles. The Hall–Kier alpha value is -1.80. The van der Waals surface area contributed by atoms with Crippen molar-refractivity contribution in [2.75, 3.05) is 6.54 Å². The molecular formula is C19H25NO. The van der Waals surface area contributed by atoms with Gasteiger partial charge in [0.15, 0.2) is 0 Å². The first-order valence-corrected chi connectivity index (χ1v) is 7.75. The Labute approximate surface area is 127 Å². The summed E-state index contributed by atoms with van der Waals surface area (Å²) in [7, 11) is 0. The fourth-order valence-electron chi connectivity index (χ4n) is 2.40. The Kier molecular flexibility index (Phi) is 5.82. The van der Waals surface area contributed by atoms with E-state index in [4.69, 9.17) is 10.5 Å². The molecular weight excluding hydrogens is 258 g/mol. The first-order chi connectivity index (χ1) is 10.2. The number of unbranched alkanes of at least 4 members (excludes halogenated alkanes) is 1. The molecule has 2 rings (SSSR count). The fourth-order valence-corrected chi connectivity index (χ4v) is 2.40. The summed E-state index contributed by atoms with van der Waals surface area (Å²) in [5.74, 6) is 0.882. The topological polar surface area (TPSA) is 35.2 Å². The Morgan fingerprint density at radius 2 is 1.86 bits per heavy atom. The number of hydrogen-bond acceptors (Lipinski definition) is 2. The monoisotopic (exact) mass is 283 g/mol. The van der Waals surface area contributed by atoms with Gasteiger partial charge in [-0.05, 0) is 43.0 Å². The molecule has 2 aromatic rings. The van der Waals surface area contributed by atoms with Gasteiger partial charge in [0.25, 0.3) is 0 Å². The Bertz CT molecular complexity index is 548. The lowest BCUT2D eigenvalue weighted by Gasteiger charge is -2.18. The Morgan fingerprint density at radius 1 is 1.10 bits per heavy atom. The van der Waals surface area contributed by atoms with Crippen molar-refractivity contribution < 1.29 is 4.74 Å². The van der Waals surface area contributed by atoms with Crippen LogP contribution in [-0.2, 0) is 6.42 Å². The Morgan fingerprint density at radius 3 is 2.48 bits per heavy atom. The summed E-state index contributed by atoms with van der Waals surface area (Å²) in [6.45, 7) is 4.77. The van der Waals surface area contributed by atoms with E-state index in [0.717, 1.165) is 17.7 Å². The lowest BCUT2D eigenvalue weighted by molar-refractivity contribution is 0.214. The number of aryl methyl sites for hydroxylation is 2. The van der Waals surface area contributed by atoms with Crippen molar-refractivity contribution in [1.29, 1.82) is 0 Å². The van der Waals surface area contributed by atoms with Crippen molar-refractivity contribution in [2.45, 2.75) is 39.2 Å². The molecule has 0 amide bonds. The van der Waals surface area contributed by atoms with Crippen LogP contribution in [0.25, 0.3) is 0 Å². The van der Waals surface area contributed by atoms with Crippen LogP contribution in [0.5, 0.6) is 5.75 Å². The summed E-state index contributed by atoms with van der Waals surface area (Å²) >= 11 is 0. The van der Waals surface area contributed by atoms with Crippen LogP contribution in [0.4, 0.5) is 0 Å². The molecule has 2 nitrogen and oxygen atoms in total. The maximum absolute atomic E-state index is 6.04. The van der Waals surface area contributed by atoms with Crippen molar-refractivity contribution in [1.82, 2.24) is 0 Å². The molecule has 0 aliphatic carbocycles. The maximum Gasteiger partial charge on any atom is 0.136 e. The van der Waals surface area contributed by atoms with E-state index in [2.05, 4.69) is 44.2 Å². The summed E-state index contributed by atoms with van der Waals surface area (Å²) in [6.07, 6.45) is 3.50. The summed E-state index contributed by atoms with van der Waals surface area (Å²) in [4.78, 5) is 0. The smallest absolute Gasteiger partial charge is 0.136 e. The van der Waals surface area contributed by atoms with Crippen LogP contribution in [0.3, 0.4) is 0 Å². The number of nitrogens with two attached hydrogens (primary N) is 1. The van der Waals surface area contributed by atoms with Crippen LogP contribution < -0.4 is 10.5 Å². The van der Waals surface area contributed by atoms with E-state index in [-0.39, 0.29) is 6.10 Å². The van der Waals surface area contributed by atoms with Gasteiger partial charge >= 0.3 is 0 Å². The molecule has 0 radical (unpaired) electrons. The lowest BCUT2D eigenvalue weighted by Crippen LogP contribution is -2.18. The van der Waals surface area contributed by atoms with E-state index in [1.807, 2.05) is 18.2 Å². The van der Waals surface area contributed by atoms with Crippen LogP contribution in [0.2, 0.25) is 0 Å². The van der Waals surface area contributed by atoms with Gasteiger partial charge in [-0.25, -0.2) is 0 Å². The van der Waals surface area contributed by atoms with Crippen LogP contribution in [0, 0.1) is 6.92 Å². The van der Waals surface area contributed by atoms with E-state index >= 15 is 0 Å². The van der Waals surface area contributed by atoms with Gasteiger partial charge in [0.1, 0.15) is 11.9 Å². The molecule has 2 N–H and O–H groups in total. The highest BCUT2D eigenvalue weighted by Crippen LogP contribution is 2.22. The zero-order chi connectivity index (χ0) is 15.1. The minimum absolute atomic E-state index is 0.0913. The summed E-state index contributed by atoms with van der Waals surface area (Å²) in [6, 6.07) is 16.7. The summed E-state index contributed by atoms with van der Waals surface area (Å²) in [5, 5.41) is 0. The third kappa shape index (κ3) is 4.61. The predicted octanol–water partition coefficient (Wildman–Crippen LogP) is 4.42. The van der Waals surface area contributed by atoms with Gasteiger partial charge in [-0.1, -0.05) is 55.3 Å². The van der Waals surface area contributed by atoms with Gasteiger partial charge in [0.2, 0.25) is 0 Å². The number of rotatable bonds is 7. The third-order valence-electron chi connectivity index (χ3n) is 3.65. The predicted molar refractivity (Wildman–Crippen MR) is 88.7 cm³/mol. The van der Waals surface area contributed by atoms with Crippen LogP contribution >= 0.6 is 0 Å². The minimum atomic E-state index is -0.0913. The average molecular weight is 283 g/mol. The molecule has 21 heavy (non-hydrogen) atoms. The van der Waals surface area contributed by atoms with Crippen LogP contribution in [0.1, 0.15) is 42.6 Å². The first-order valence-electron chi connectivity index (χ1n) is 7.75. The quantitative estimate of drug-likeness (QED) is 0.816. The average Bonchev–Trinajstić information content (AvgIpc) is 2.51. The molecule has 0 heterocycles. The van der Waals surface area contributed by atoms with Crippen LogP contribution in [-0.4, -0.2) is 6.54 Å². The molecule has 0 spiro atoms. The molecule has 0 aromatic heterocycles. The zero-order valence-electron chi connectivity index (χ0n) is 13.0. The van der Waals surface area contributed by atoms with E-state index in [9.17, 15) is 0 Å². The van der Waals surface area contributed by atoms with Gasteiger partial charge in [0.05, 0.1) is 0 Å². The van der Waals surface area contributed by atoms with Crippen molar-refractivity contribution in [3.05, 3.63) is 65.2 Å². The number of benzene rings is 2. The largest absolute Gasteiger partial charge is 0.484 e. The second kappa shape index (κ2) is 7.84. The minimum Gasteiger partial charge on any atom is -0.484 e. The lowest BCUT2D eigenvalue weighted by atomic mass is 10.1.